The summed E-state index contributed by atoms with van der Waals surface area (Å²) in [7, 11) is 1.22. The van der Waals surface area contributed by atoms with Gasteiger partial charge in [-0.15, -0.1) is 0 Å². The van der Waals surface area contributed by atoms with E-state index in [1.54, 1.807) is 0 Å². The third kappa shape index (κ3) is 3.51. The zero-order chi connectivity index (χ0) is 17.9. The second-order valence-electron chi connectivity index (χ2n) is 5.48. The number of carbonyl (C=O) groups is 2. The van der Waals surface area contributed by atoms with Gasteiger partial charge in [0.1, 0.15) is 18.3 Å². The third-order valence-corrected chi connectivity index (χ3v) is 3.98. The van der Waals surface area contributed by atoms with Gasteiger partial charge < -0.3 is 14.6 Å². The van der Waals surface area contributed by atoms with Crippen LogP contribution in [0.25, 0.3) is 0 Å². The topological polar surface area (TPSA) is 76.1 Å². The number of aromatic hydroxyl groups is 1. The van der Waals surface area contributed by atoms with Gasteiger partial charge in [0.25, 0.3) is 5.91 Å². The van der Waals surface area contributed by atoms with Crippen LogP contribution in [-0.2, 0) is 14.3 Å². The lowest BCUT2D eigenvalue weighted by Gasteiger charge is -2.21. The summed E-state index contributed by atoms with van der Waals surface area (Å²) >= 11 is 0. The van der Waals surface area contributed by atoms with Gasteiger partial charge in [-0.05, 0) is 30.4 Å². The van der Waals surface area contributed by atoms with Crippen molar-refractivity contribution in [3.05, 3.63) is 29.1 Å². The van der Waals surface area contributed by atoms with Crippen LogP contribution < -0.4 is 0 Å². The molecule has 1 saturated heterocycles. The summed E-state index contributed by atoms with van der Waals surface area (Å²) in [5.41, 5.74) is 0.401. The molecule has 1 atom stereocenters. The number of hydrogen-bond acceptors (Lipinski definition) is 5. The largest absolute Gasteiger partial charge is 0.508 e. The third-order valence-electron chi connectivity index (χ3n) is 3.98. The Labute approximate surface area is 140 Å². The van der Waals surface area contributed by atoms with Gasteiger partial charge in [0.15, 0.2) is 6.04 Å². The van der Waals surface area contributed by atoms with Gasteiger partial charge in [0.2, 0.25) is 0 Å². The Hall–Kier alpha value is -2.15. The molecule has 1 N–H and O–H groups in total. The van der Waals surface area contributed by atoms with E-state index in [0.717, 1.165) is 23.8 Å². The summed E-state index contributed by atoms with van der Waals surface area (Å²) in [6, 6.07) is 1.44. The van der Waals surface area contributed by atoms with Gasteiger partial charge in [0, 0.05) is 6.07 Å². The Morgan fingerprint density at radius 2 is 2.00 bits per heavy atom. The van der Waals surface area contributed by atoms with Crippen LogP contribution in [0.5, 0.6) is 5.75 Å². The van der Waals surface area contributed by atoms with E-state index >= 15 is 0 Å². The number of nitrogens with zero attached hydrogens (tertiary/aromatic N) is 1. The molecule has 7 heteroatoms. The van der Waals surface area contributed by atoms with Crippen LogP contribution in [0.15, 0.2) is 12.1 Å². The molecule has 1 saturated carbocycles. The SMILES string of the molecule is CC.COC(=O)[C@@H]1COCN1C(=O)c1cc(C2CC2)c(O)cc1F. The molecule has 1 aromatic carbocycles. The second-order valence-corrected chi connectivity index (χ2v) is 5.48. The van der Waals surface area contributed by atoms with Crippen molar-refractivity contribution in [2.24, 2.45) is 0 Å². The molecule has 2 aliphatic rings. The minimum absolute atomic E-state index is 0.0214. The summed E-state index contributed by atoms with van der Waals surface area (Å²) in [5.74, 6) is -2.04. The first-order chi connectivity index (χ1) is 11.5. The molecule has 0 spiro atoms. The highest BCUT2D eigenvalue weighted by atomic mass is 19.1. The summed E-state index contributed by atoms with van der Waals surface area (Å²) in [5, 5.41) is 9.79. The van der Waals surface area contributed by atoms with Crippen LogP contribution in [0.3, 0.4) is 0 Å². The molecule has 24 heavy (non-hydrogen) atoms. The smallest absolute Gasteiger partial charge is 0.331 e. The fraction of sp³-hybridized carbons (Fsp3) is 0.529. The van der Waals surface area contributed by atoms with Gasteiger partial charge in [-0.3, -0.25) is 9.69 Å². The average molecular weight is 339 g/mol. The standard InChI is InChI=1S/C15H16FNO5.C2H6/c1-21-15(20)12-6-22-7-17(12)14(19)10-4-9(8-2-3-8)13(18)5-11(10)16;1-2/h4-5,8,12,18H,2-3,6-7H2,1H3;1-2H3/t12-;/m0./s1. The first kappa shape index (κ1) is 18.2. The van der Waals surface area contributed by atoms with E-state index in [-0.39, 0.29) is 30.6 Å². The van der Waals surface area contributed by atoms with Crippen molar-refractivity contribution in [3.63, 3.8) is 0 Å². The van der Waals surface area contributed by atoms with Crippen molar-refractivity contribution in [2.45, 2.75) is 38.6 Å². The second kappa shape index (κ2) is 7.61. The Morgan fingerprint density at radius 3 is 2.58 bits per heavy atom. The Bertz CT molecular complexity index is 630. The minimum Gasteiger partial charge on any atom is -0.508 e. The molecule has 6 nitrogen and oxygen atoms in total. The van der Waals surface area contributed by atoms with E-state index in [9.17, 15) is 19.1 Å². The predicted octanol–water partition coefficient (Wildman–Crippen LogP) is 2.41. The fourth-order valence-corrected chi connectivity index (χ4v) is 2.59. The molecular formula is C17H22FNO5. The Morgan fingerprint density at radius 1 is 1.33 bits per heavy atom. The average Bonchev–Trinajstić information content (AvgIpc) is 3.31. The highest BCUT2D eigenvalue weighted by Crippen LogP contribution is 2.44. The molecule has 2 fully saturated rings. The van der Waals surface area contributed by atoms with Crippen molar-refractivity contribution in [1.29, 1.82) is 0 Å². The maximum absolute atomic E-state index is 14.1. The van der Waals surface area contributed by atoms with Crippen LogP contribution >= 0.6 is 0 Å². The zero-order valence-corrected chi connectivity index (χ0v) is 14.0. The van der Waals surface area contributed by atoms with E-state index in [4.69, 9.17) is 4.74 Å². The summed E-state index contributed by atoms with van der Waals surface area (Å²) in [6.07, 6.45) is 1.81. The van der Waals surface area contributed by atoms with Crippen molar-refractivity contribution in [1.82, 2.24) is 4.90 Å². The van der Waals surface area contributed by atoms with Crippen LogP contribution in [0.1, 0.15) is 48.5 Å². The molecule has 1 aliphatic carbocycles. The summed E-state index contributed by atoms with van der Waals surface area (Å²) < 4.78 is 23.8. The first-order valence-electron chi connectivity index (χ1n) is 8.02. The molecule has 1 amide bonds. The fourth-order valence-electron chi connectivity index (χ4n) is 2.59. The lowest BCUT2D eigenvalue weighted by molar-refractivity contribution is -0.144. The van der Waals surface area contributed by atoms with Gasteiger partial charge in [-0.25, -0.2) is 9.18 Å². The monoisotopic (exact) mass is 339 g/mol. The number of carbonyl (C=O) groups excluding carboxylic acids is 2. The van der Waals surface area contributed by atoms with Crippen LogP contribution in [0, 0.1) is 5.82 Å². The molecule has 132 valence electrons. The maximum atomic E-state index is 14.1. The highest BCUT2D eigenvalue weighted by molar-refractivity contribution is 5.97. The minimum atomic E-state index is -0.880. The molecular weight excluding hydrogens is 317 g/mol. The van der Waals surface area contributed by atoms with E-state index in [2.05, 4.69) is 4.74 Å². The molecule has 0 aromatic heterocycles. The molecule has 3 rings (SSSR count). The number of esters is 1. The summed E-state index contributed by atoms with van der Waals surface area (Å²) in [6.45, 7) is 3.92. The van der Waals surface area contributed by atoms with Gasteiger partial charge >= 0.3 is 5.97 Å². The number of methoxy groups -OCH3 is 1. The van der Waals surface area contributed by atoms with E-state index in [0.29, 0.717) is 5.56 Å². The molecule has 0 unspecified atom stereocenters. The first-order valence-corrected chi connectivity index (χ1v) is 8.02. The van der Waals surface area contributed by atoms with Crippen LogP contribution in [0.2, 0.25) is 0 Å². The quantitative estimate of drug-likeness (QED) is 0.856. The zero-order valence-electron chi connectivity index (χ0n) is 14.0. The molecule has 1 aliphatic heterocycles. The Kier molecular flexibility index (Phi) is 5.77. The van der Waals surface area contributed by atoms with E-state index in [1.807, 2.05) is 13.8 Å². The maximum Gasteiger partial charge on any atom is 0.331 e. The number of ether oxygens (including phenoxy) is 2. The van der Waals surface area contributed by atoms with Crippen molar-refractivity contribution in [2.75, 3.05) is 20.4 Å². The number of rotatable bonds is 3. The number of benzene rings is 1. The molecule has 0 bridgehead atoms. The van der Waals surface area contributed by atoms with Gasteiger partial charge in [-0.1, -0.05) is 13.8 Å². The van der Waals surface area contributed by atoms with Gasteiger partial charge in [0.05, 0.1) is 19.3 Å². The highest BCUT2D eigenvalue weighted by Gasteiger charge is 2.38. The number of hydrogen-bond donors (Lipinski definition) is 1. The van der Waals surface area contributed by atoms with Gasteiger partial charge in [-0.2, -0.15) is 0 Å². The predicted molar refractivity (Wildman–Crippen MR) is 84.2 cm³/mol. The normalized spacial score (nSPS) is 19.5. The molecule has 1 aromatic rings. The van der Waals surface area contributed by atoms with E-state index in [1.165, 1.54) is 13.2 Å². The van der Waals surface area contributed by atoms with E-state index < -0.39 is 23.7 Å². The van der Waals surface area contributed by atoms with Crippen LogP contribution in [0.4, 0.5) is 4.39 Å². The van der Waals surface area contributed by atoms with Crippen molar-refractivity contribution in [3.8, 4) is 5.75 Å². The lowest BCUT2D eigenvalue weighted by Crippen LogP contribution is -2.42. The van der Waals surface area contributed by atoms with Crippen molar-refractivity contribution >= 4 is 11.9 Å². The lowest BCUT2D eigenvalue weighted by atomic mass is 10.0. The Balaban J connectivity index is 0.00000100. The summed E-state index contributed by atoms with van der Waals surface area (Å²) in [4.78, 5) is 25.3. The molecule has 1 heterocycles. The number of amides is 1. The molecule has 0 radical (unpaired) electrons. The number of halogens is 1. The number of phenols is 1. The van der Waals surface area contributed by atoms with Crippen LogP contribution in [-0.4, -0.2) is 48.4 Å². The van der Waals surface area contributed by atoms with Crippen molar-refractivity contribution < 1.29 is 28.6 Å². The number of phenolic OH excluding ortho intramolecular Hbond substituents is 1.